The molecule has 0 spiro atoms. The van der Waals surface area contributed by atoms with Gasteiger partial charge in [-0.05, 0) is 74.2 Å². The Hall–Kier alpha value is -1.48. The van der Waals surface area contributed by atoms with Crippen molar-refractivity contribution in [1.82, 2.24) is 9.62 Å². The second-order valence-electron chi connectivity index (χ2n) is 8.28. The molecule has 2 aromatic rings. The molecule has 4 rings (SSSR count). The molecule has 5 nitrogen and oxygen atoms in total. The summed E-state index contributed by atoms with van der Waals surface area (Å²) < 4.78 is 43.2. The number of anilines is 1. The van der Waals surface area contributed by atoms with Gasteiger partial charge in [0.1, 0.15) is 10.7 Å². The third-order valence-electron chi connectivity index (χ3n) is 6.18. The first kappa shape index (κ1) is 21.7. The number of nitrogens with one attached hydrogen (secondary N) is 1. The van der Waals surface area contributed by atoms with Gasteiger partial charge in [-0.3, -0.25) is 0 Å². The summed E-state index contributed by atoms with van der Waals surface area (Å²) in [6, 6.07) is 8.12. The van der Waals surface area contributed by atoms with Crippen LogP contribution in [0.15, 0.2) is 39.7 Å². The lowest BCUT2D eigenvalue weighted by Gasteiger charge is -2.37. The van der Waals surface area contributed by atoms with Crippen LogP contribution in [0.4, 0.5) is 10.1 Å². The number of halogens is 2. The summed E-state index contributed by atoms with van der Waals surface area (Å²) >= 11 is 3.17. The number of rotatable bonds is 4. The average molecular weight is 496 g/mol. The Morgan fingerprint density at radius 1 is 1.10 bits per heavy atom. The highest BCUT2D eigenvalue weighted by Crippen LogP contribution is 2.34. The van der Waals surface area contributed by atoms with Gasteiger partial charge in [-0.25, -0.2) is 17.5 Å². The fourth-order valence-corrected chi connectivity index (χ4v) is 6.12. The number of benzene rings is 2. The van der Waals surface area contributed by atoms with Crippen LogP contribution in [0, 0.1) is 12.7 Å². The first-order chi connectivity index (χ1) is 14.2. The standard InChI is InChI=1S/C22H27BrFN3O2S/c1-15-3-7-21(27-11-9-26(2)10-12-27)19-14-17(5-6-18(15)19)25-30(28,29)22-8-4-16(23)13-20(22)24/h3-4,7-8,13,17,25H,5-6,9-12,14H2,1-2H3/t17-/m1/s1. The number of hydrogen-bond donors (Lipinski definition) is 1. The maximum Gasteiger partial charge on any atom is 0.243 e. The quantitative estimate of drug-likeness (QED) is 0.705. The van der Waals surface area contributed by atoms with E-state index in [1.165, 1.54) is 34.5 Å². The summed E-state index contributed by atoms with van der Waals surface area (Å²) in [5.74, 6) is -0.748. The maximum absolute atomic E-state index is 14.3. The number of sulfonamides is 1. The van der Waals surface area contributed by atoms with Gasteiger partial charge in [-0.1, -0.05) is 22.0 Å². The van der Waals surface area contributed by atoms with Gasteiger partial charge in [0, 0.05) is 42.4 Å². The van der Waals surface area contributed by atoms with Crippen molar-refractivity contribution < 1.29 is 12.8 Å². The predicted molar refractivity (Wildman–Crippen MR) is 121 cm³/mol. The summed E-state index contributed by atoms with van der Waals surface area (Å²) in [6.45, 7) is 6.08. The monoisotopic (exact) mass is 495 g/mol. The molecule has 1 aliphatic heterocycles. The minimum absolute atomic E-state index is 0.251. The highest BCUT2D eigenvalue weighted by molar-refractivity contribution is 9.10. The van der Waals surface area contributed by atoms with Crippen LogP contribution in [-0.4, -0.2) is 52.6 Å². The summed E-state index contributed by atoms with van der Waals surface area (Å²) in [7, 11) is -1.80. The van der Waals surface area contributed by atoms with Crippen molar-refractivity contribution in [2.24, 2.45) is 0 Å². The van der Waals surface area contributed by atoms with Crippen molar-refractivity contribution in [2.45, 2.75) is 37.1 Å². The zero-order chi connectivity index (χ0) is 21.5. The van der Waals surface area contributed by atoms with Crippen molar-refractivity contribution >= 4 is 31.6 Å². The first-order valence-corrected chi connectivity index (χ1v) is 12.5. The second-order valence-corrected chi connectivity index (χ2v) is 10.9. The Morgan fingerprint density at radius 3 is 2.53 bits per heavy atom. The number of likely N-dealkylation sites (N-methyl/N-ethyl adjacent to an activating group) is 1. The summed E-state index contributed by atoms with van der Waals surface area (Å²) in [5, 5.41) is 0. The van der Waals surface area contributed by atoms with Gasteiger partial charge >= 0.3 is 0 Å². The van der Waals surface area contributed by atoms with Crippen LogP contribution in [0.5, 0.6) is 0 Å². The molecule has 0 bridgehead atoms. The second kappa shape index (κ2) is 8.57. The number of aryl methyl sites for hydroxylation is 1. The molecule has 8 heteroatoms. The fourth-order valence-electron chi connectivity index (χ4n) is 4.46. The van der Waals surface area contributed by atoms with E-state index in [1.807, 2.05) is 0 Å². The number of hydrogen-bond acceptors (Lipinski definition) is 4. The van der Waals surface area contributed by atoms with Crippen molar-refractivity contribution in [3.63, 3.8) is 0 Å². The van der Waals surface area contributed by atoms with Gasteiger partial charge in [0.2, 0.25) is 10.0 Å². The van der Waals surface area contributed by atoms with E-state index >= 15 is 0 Å². The molecule has 1 heterocycles. The summed E-state index contributed by atoms with van der Waals surface area (Å²) in [4.78, 5) is 4.42. The molecule has 162 valence electrons. The lowest BCUT2D eigenvalue weighted by molar-refractivity contribution is 0.312. The van der Waals surface area contributed by atoms with E-state index in [9.17, 15) is 12.8 Å². The highest BCUT2D eigenvalue weighted by atomic mass is 79.9. The van der Waals surface area contributed by atoms with Gasteiger partial charge < -0.3 is 9.80 Å². The lowest BCUT2D eigenvalue weighted by atomic mass is 9.84. The molecule has 1 fully saturated rings. The zero-order valence-electron chi connectivity index (χ0n) is 17.3. The lowest BCUT2D eigenvalue weighted by Crippen LogP contribution is -2.45. The molecule has 2 aromatic carbocycles. The van der Waals surface area contributed by atoms with E-state index in [0.717, 1.165) is 32.6 Å². The van der Waals surface area contributed by atoms with Crippen molar-refractivity contribution in [3.05, 3.63) is 57.3 Å². The van der Waals surface area contributed by atoms with Gasteiger partial charge in [-0.2, -0.15) is 0 Å². The largest absolute Gasteiger partial charge is 0.369 e. The molecular weight excluding hydrogens is 469 g/mol. The Balaban J connectivity index is 1.59. The third kappa shape index (κ3) is 4.42. The number of fused-ring (bicyclic) bond motifs is 1. The topological polar surface area (TPSA) is 52.6 Å². The molecule has 0 radical (unpaired) electrons. The van der Waals surface area contributed by atoms with E-state index < -0.39 is 15.8 Å². The van der Waals surface area contributed by atoms with Crippen LogP contribution in [0.25, 0.3) is 0 Å². The van der Waals surface area contributed by atoms with E-state index in [2.05, 4.69) is 56.6 Å². The molecular formula is C22H27BrFN3O2S. The van der Waals surface area contributed by atoms with Crippen LogP contribution in [0.3, 0.4) is 0 Å². The highest BCUT2D eigenvalue weighted by Gasteiger charge is 2.29. The number of nitrogens with zero attached hydrogens (tertiary/aromatic N) is 2. The molecule has 0 unspecified atom stereocenters. The molecule has 1 saturated heterocycles. The fraction of sp³-hybridized carbons (Fsp3) is 0.455. The van der Waals surface area contributed by atoms with Crippen LogP contribution in [0.1, 0.15) is 23.1 Å². The molecule has 1 atom stereocenters. The first-order valence-electron chi connectivity index (χ1n) is 10.3. The Kier molecular flexibility index (Phi) is 6.21. The van der Waals surface area contributed by atoms with Crippen LogP contribution in [-0.2, 0) is 22.9 Å². The van der Waals surface area contributed by atoms with Crippen LogP contribution >= 0.6 is 15.9 Å². The maximum atomic E-state index is 14.3. The van der Waals surface area contributed by atoms with E-state index in [1.54, 1.807) is 6.07 Å². The van der Waals surface area contributed by atoms with Crippen LogP contribution < -0.4 is 9.62 Å². The predicted octanol–water partition coefficient (Wildman–Crippen LogP) is 3.48. The molecule has 30 heavy (non-hydrogen) atoms. The normalized spacial score (nSPS) is 20.3. The molecule has 0 saturated carbocycles. The third-order valence-corrected chi connectivity index (χ3v) is 8.23. The molecule has 1 N–H and O–H groups in total. The van der Waals surface area contributed by atoms with Gasteiger partial charge in [-0.15, -0.1) is 0 Å². The SMILES string of the molecule is Cc1ccc(N2CCN(C)CC2)c2c1CC[C@@H](NS(=O)(=O)c1ccc(Br)cc1F)C2. The van der Waals surface area contributed by atoms with Crippen molar-refractivity contribution in [2.75, 3.05) is 38.1 Å². The molecule has 0 amide bonds. The Labute approximate surface area is 186 Å². The smallest absolute Gasteiger partial charge is 0.243 e. The molecule has 0 aromatic heterocycles. The van der Waals surface area contributed by atoms with Gasteiger partial charge in [0.25, 0.3) is 0 Å². The molecule has 1 aliphatic carbocycles. The zero-order valence-corrected chi connectivity index (χ0v) is 19.7. The Morgan fingerprint density at radius 2 is 1.83 bits per heavy atom. The Bertz CT molecular complexity index is 1050. The van der Waals surface area contributed by atoms with E-state index in [-0.39, 0.29) is 10.9 Å². The van der Waals surface area contributed by atoms with Crippen LogP contribution in [0.2, 0.25) is 0 Å². The van der Waals surface area contributed by atoms with Crippen molar-refractivity contribution in [3.8, 4) is 0 Å². The van der Waals surface area contributed by atoms with Gasteiger partial charge in [0.15, 0.2) is 0 Å². The van der Waals surface area contributed by atoms with E-state index in [0.29, 0.717) is 17.3 Å². The molecule has 2 aliphatic rings. The minimum Gasteiger partial charge on any atom is -0.369 e. The summed E-state index contributed by atoms with van der Waals surface area (Å²) in [5.41, 5.74) is 5.03. The van der Waals surface area contributed by atoms with Crippen molar-refractivity contribution in [1.29, 1.82) is 0 Å². The van der Waals surface area contributed by atoms with E-state index in [4.69, 9.17) is 0 Å². The average Bonchev–Trinajstić information content (AvgIpc) is 2.68. The number of piperazine rings is 1. The summed E-state index contributed by atoms with van der Waals surface area (Å²) in [6.07, 6.45) is 2.15. The van der Waals surface area contributed by atoms with Gasteiger partial charge in [0.05, 0.1) is 0 Å². The minimum atomic E-state index is -3.93.